The molecule has 0 aromatic heterocycles. The summed E-state index contributed by atoms with van der Waals surface area (Å²) < 4.78 is 41.3. The molecule has 0 atom stereocenters. The van der Waals surface area contributed by atoms with Gasteiger partial charge in [0.15, 0.2) is 0 Å². The van der Waals surface area contributed by atoms with Gasteiger partial charge < -0.3 is 10.1 Å². The summed E-state index contributed by atoms with van der Waals surface area (Å²) in [6, 6.07) is 1.09. The molecule has 0 radical (unpaired) electrons. The molecule has 0 heterocycles. The van der Waals surface area contributed by atoms with E-state index in [9.17, 15) is 18.0 Å². The van der Waals surface area contributed by atoms with Crippen LogP contribution in [-0.2, 0) is 4.79 Å². The summed E-state index contributed by atoms with van der Waals surface area (Å²) in [6.07, 6.45) is 5.37. The first kappa shape index (κ1) is 24.9. The van der Waals surface area contributed by atoms with Crippen LogP contribution in [0.3, 0.4) is 0 Å². The van der Waals surface area contributed by atoms with Crippen molar-refractivity contribution in [2.45, 2.75) is 34.1 Å². The molecule has 0 aliphatic rings. The molecule has 0 unspecified atom stereocenters. The van der Waals surface area contributed by atoms with Gasteiger partial charge in [0.25, 0.3) is 0 Å². The lowest BCUT2D eigenvalue weighted by molar-refractivity contribution is -0.274. The third-order valence-electron chi connectivity index (χ3n) is 3.62. The number of halogens is 5. The minimum absolute atomic E-state index is 0.0418. The quantitative estimate of drug-likeness (QED) is 0.368. The van der Waals surface area contributed by atoms with Crippen LogP contribution in [0.5, 0.6) is 5.75 Å². The van der Waals surface area contributed by atoms with E-state index in [-0.39, 0.29) is 21.5 Å². The molecule has 29 heavy (non-hydrogen) atoms. The van der Waals surface area contributed by atoms with E-state index < -0.39 is 12.1 Å². The molecular weight excluding hydrogens is 426 g/mol. The van der Waals surface area contributed by atoms with Gasteiger partial charge in [-0.15, -0.1) is 13.2 Å². The minimum atomic E-state index is -4.83. The molecule has 0 aliphatic carbocycles. The molecule has 0 aliphatic heterocycles. The van der Waals surface area contributed by atoms with Gasteiger partial charge in [-0.25, -0.2) is 0 Å². The lowest BCUT2D eigenvalue weighted by Crippen LogP contribution is -2.20. The number of allylic oxidation sites excluding steroid dienone is 6. The fraction of sp³-hybridized carbons (Fsp3) is 0.286. The minimum Gasteiger partial charge on any atom is -0.405 e. The van der Waals surface area contributed by atoms with Crippen LogP contribution >= 0.6 is 23.2 Å². The molecule has 1 rings (SSSR count). The molecule has 158 valence electrons. The molecule has 8 heteroatoms. The highest BCUT2D eigenvalue weighted by atomic mass is 35.5. The summed E-state index contributed by atoms with van der Waals surface area (Å²) >= 11 is 12.3. The van der Waals surface area contributed by atoms with E-state index in [0.29, 0.717) is 12.1 Å². The van der Waals surface area contributed by atoms with Crippen LogP contribution in [0, 0.1) is 6.92 Å². The van der Waals surface area contributed by atoms with Crippen LogP contribution in [0.1, 0.15) is 31.9 Å². The Balaban J connectivity index is 2.97. The SMILES string of the molecule is CCNC(=O)C=C(C)C=CC=C(C)C=Cc1c(Cl)cc(OC(F)(F)F)c(C)c1Cl. The van der Waals surface area contributed by atoms with Gasteiger partial charge in [0.1, 0.15) is 5.75 Å². The number of carbonyl (C=O) groups excluding carboxylic acids is 1. The third kappa shape index (κ3) is 8.79. The number of rotatable bonds is 7. The lowest BCUT2D eigenvalue weighted by Gasteiger charge is -2.14. The molecule has 3 nitrogen and oxygen atoms in total. The van der Waals surface area contributed by atoms with Gasteiger partial charge in [-0.2, -0.15) is 0 Å². The summed E-state index contributed by atoms with van der Waals surface area (Å²) in [5, 5.41) is 2.80. The molecule has 0 bridgehead atoms. The number of ether oxygens (including phenoxy) is 1. The first-order valence-corrected chi connectivity index (χ1v) is 9.43. The van der Waals surface area contributed by atoms with Gasteiger partial charge >= 0.3 is 6.36 Å². The van der Waals surface area contributed by atoms with Crippen LogP contribution < -0.4 is 10.1 Å². The Labute approximate surface area is 178 Å². The Morgan fingerprint density at radius 1 is 1.21 bits per heavy atom. The monoisotopic (exact) mass is 447 g/mol. The smallest absolute Gasteiger partial charge is 0.405 e. The van der Waals surface area contributed by atoms with E-state index in [4.69, 9.17) is 23.2 Å². The summed E-state index contributed by atoms with van der Waals surface area (Å²) in [5.74, 6) is -0.595. The van der Waals surface area contributed by atoms with Crippen LogP contribution in [0.25, 0.3) is 6.08 Å². The fourth-order valence-electron chi connectivity index (χ4n) is 2.20. The highest BCUT2D eigenvalue weighted by molar-refractivity contribution is 6.38. The van der Waals surface area contributed by atoms with Crippen molar-refractivity contribution >= 4 is 35.2 Å². The van der Waals surface area contributed by atoms with Crippen LogP contribution in [0.2, 0.25) is 10.0 Å². The van der Waals surface area contributed by atoms with Crippen LogP contribution in [0.4, 0.5) is 13.2 Å². The average molecular weight is 448 g/mol. The molecule has 0 fully saturated rings. The number of benzene rings is 1. The maximum atomic E-state index is 12.5. The van der Waals surface area contributed by atoms with Crippen molar-refractivity contribution in [1.82, 2.24) is 5.32 Å². The first-order chi connectivity index (χ1) is 13.4. The van der Waals surface area contributed by atoms with E-state index in [0.717, 1.165) is 17.2 Å². The highest BCUT2D eigenvalue weighted by Gasteiger charge is 2.32. The Kier molecular flexibility index (Phi) is 9.53. The van der Waals surface area contributed by atoms with E-state index in [2.05, 4.69) is 10.1 Å². The Morgan fingerprint density at radius 3 is 2.45 bits per heavy atom. The lowest BCUT2D eigenvalue weighted by atomic mass is 10.1. The summed E-state index contributed by atoms with van der Waals surface area (Å²) in [4.78, 5) is 11.5. The van der Waals surface area contributed by atoms with Crippen LogP contribution in [-0.4, -0.2) is 18.8 Å². The van der Waals surface area contributed by atoms with Gasteiger partial charge in [-0.05, 0) is 33.3 Å². The van der Waals surface area contributed by atoms with Crippen LogP contribution in [0.15, 0.2) is 47.6 Å². The zero-order valence-electron chi connectivity index (χ0n) is 16.5. The second-order valence-electron chi connectivity index (χ2n) is 6.14. The molecule has 0 saturated heterocycles. The summed E-state index contributed by atoms with van der Waals surface area (Å²) in [6.45, 7) is 7.46. The molecule has 1 N–H and O–H groups in total. The van der Waals surface area contributed by atoms with Gasteiger partial charge in [0.2, 0.25) is 5.91 Å². The molecule has 1 aromatic rings. The number of nitrogens with one attached hydrogen (secondary N) is 1. The van der Waals surface area contributed by atoms with Crippen molar-refractivity contribution < 1.29 is 22.7 Å². The summed E-state index contributed by atoms with van der Waals surface area (Å²) in [7, 11) is 0. The van der Waals surface area contributed by atoms with Crippen molar-refractivity contribution in [3.8, 4) is 5.75 Å². The standard InChI is InChI=1S/C21H22Cl2F3NO2/c1-5-27-19(28)11-14(3)8-6-7-13(2)9-10-16-17(22)12-18(15(4)20(16)23)29-21(24,25)26/h6-12H,5H2,1-4H3,(H,27,28). The van der Waals surface area contributed by atoms with Crippen molar-refractivity contribution in [2.24, 2.45) is 0 Å². The maximum Gasteiger partial charge on any atom is 0.573 e. The Hall–Kier alpha value is -2.18. The number of alkyl halides is 3. The van der Waals surface area contributed by atoms with Crippen molar-refractivity contribution in [1.29, 1.82) is 0 Å². The zero-order chi connectivity index (χ0) is 22.2. The van der Waals surface area contributed by atoms with Gasteiger partial charge in [0.05, 0.1) is 10.0 Å². The Bertz CT molecular complexity index is 870. The summed E-state index contributed by atoms with van der Waals surface area (Å²) in [5.41, 5.74) is 2.16. The van der Waals surface area contributed by atoms with E-state index >= 15 is 0 Å². The van der Waals surface area contributed by atoms with Gasteiger partial charge in [-0.3, -0.25) is 4.79 Å². The van der Waals surface area contributed by atoms with Crippen molar-refractivity contribution in [2.75, 3.05) is 6.54 Å². The number of hydrogen-bond acceptors (Lipinski definition) is 2. The predicted molar refractivity (Wildman–Crippen MR) is 112 cm³/mol. The van der Waals surface area contributed by atoms with Crippen molar-refractivity contribution in [3.05, 3.63) is 68.8 Å². The number of carbonyl (C=O) groups is 1. The molecule has 1 amide bonds. The second-order valence-corrected chi connectivity index (χ2v) is 6.93. The average Bonchev–Trinajstić information content (AvgIpc) is 2.58. The predicted octanol–water partition coefficient (Wildman–Crippen LogP) is 6.80. The highest BCUT2D eigenvalue weighted by Crippen LogP contribution is 2.38. The van der Waals surface area contributed by atoms with Gasteiger partial charge in [-0.1, -0.05) is 59.2 Å². The van der Waals surface area contributed by atoms with E-state index in [1.165, 1.54) is 13.0 Å². The Morgan fingerprint density at radius 2 is 1.86 bits per heavy atom. The molecular formula is C21H22Cl2F3NO2. The molecule has 0 spiro atoms. The molecule has 1 aromatic carbocycles. The number of amides is 1. The fourth-order valence-corrected chi connectivity index (χ4v) is 2.76. The van der Waals surface area contributed by atoms with E-state index in [1.807, 2.05) is 13.8 Å². The maximum absolute atomic E-state index is 12.5. The number of hydrogen-bond donors (Lipinski definition) is 1. The van der Waals surface area contributed by atoms with E-state index in [1.54, 1.807) is 37.3 Å². The largest absolute Gasteiger partial charge is 0.573 e. The van der Waals surface area contributed by atoms with Crippen molar-refractivity contribution in [3.63, 3.8) is 0 Å². The second kappa shape index (κ2) is 11.1. The normalized spacial score (nSPS) is 13.4. The first-order valence-electron chi connectivity index (χ1n) is 8.68. The topological polar surface area (TPSA) is 38.3 Å². The zero-order valence-corrected chi connectivity index (χ0v) is 18.0. The van der Waals surface area contributed by atoms with Gasteiger partial charge in [0, 0.05) is 29.8 Å². The molecule has 0 saturated carbocycles. The number of likely N-dealkylation sites (N-methyl/N-ethyl adjacent to an activating group) is 1. The third-order valence-corrected chi connectivity index (χ3v) is 4.42.